The third kappa shape index (κ3) is 6.26. The highest BCUT2D eigenvalue weighted by Crippen LogP contribution is 2.34. The molecular formula is C21H20Cl2F3N3O3. The molecule has 0 saturated heterocycles. The molecule has 11 heteroatoms. The second kappa shape index (κ2) is 10.4. The molecule has 0 spiro atoms. The Bertz CT molecular complexity index is 1020. The van der Waals surface area contributed by atoms with Gasteiger partial charge in [-0.2, -0.15) is 13.2 Å². The van der Waals surface area contributed by atoms with Crippen LogP contribution in [0, 0.1) is 0 Å². The first-order valence-corrected chi connectivity index (χ1v) is 10.5. The molecule has 1 aromatic heterocycles. The fourth-order valence-electron chi connectivity index (χ4n) is 3.33. The molecule has 1 aliphatic rings. The maximum atomic E-state index is 12.9. The summed E-state index contributed by atoms with van der Waals surface area (Å²) in [5, 5.41) is 7.35. The zero-order chi connectivity index (χ0) is 23.3. The van der Waals surface area contributed by atoms with Crippen LogP contribution in [0.4, 0.5) is 13.2 Å². The molecule has 1 N–H and O–H groups in total. The molecule has 1 fully saturated rings. The number of oxime groups is 1. The number of nitrogens with zero attached hydrogens (tertiary/aromatic N) is 2. The summed E-state index contributed by atoms with van der Waals surface area (Å²) in [5.74, 6) is -0.728. The van der Waals surface area contributed by atoms with Crippen molar-refractivity contribution < 1.29 is 27.5 Å². The van der Waals surface area contributed by atoms with Crippen LogP contribution in [0.2, 0.25) is 10.0 Å². The van der Waals surface area contributed by atoms with Crippen LogP contribution < -0.4 is 10.1 Å². The normalized spacial score (nSPS) is 17.8. The number of rotatable bonds is 6. The predicted octanol–water partition coefficient (Wildman–Crippen LogP) is 5.67. The average molecular weight is 490 g/mol. The van der Waals surface area contributed by atoms with Crippen LogP contribution in [0.3, 0.4) is 0 Å². The van der Waals surface area contributed by atoms with Crippen molar-refractivity contribution in [1.82, 2.24) is 10.3 Å². The molecule has 6 nitrogen and oxygen atoms in total. The lowest BCUT2D eigenvalue weighted by molar-refractivity contribution is -0.154. The Labute approximate surface area is 192 Å². The first kappa shape index (κ1) is 24.1. The molecule has 3 rings (SSSR count). The molecule has 1 aliphatic carbocycles. The zero-order valence-electron chi connectivity index (χ0n) is 17.0. The van der Waals surface area contributed by atoms with Crippen LogP contribution >= 0.6 is 23.2 Å². The third-order valence-corrected chi connectivity index (χ3v) is 5.55. The SMILES string of the molecule is CO/N=C1\CCCC[C@@H]1NC(=O)c1cnc(OCC(F)(F)F)c(-c2ccc(Cl)c(Cl)c2)c1. The molecule has 0 radical (unpaired) electrons. The Balaban J connectivity index is 1.92. The fraction of sp³-hybridized carbons (Fsp3) is 0.381. The second-order valence-corrected chi connectivity index (χ2v) is 7.96. The van der Waals surface area contributed by atoms with Gasteiger partial charge >= 0.3 is 6.18 Å². The number of carbonyl (C=O) groups excluding carboxylic acids is 1. The highest BCUT2D eigenvalue weighted by molar-refractivity contribution is 6.42. The monoisotopic (exact) mass is 489 g/mol. The van der Waals surface area contributed by atoms with E-state index in [1.165, 1.54) is 25.3 Å². The standard InChI is InChI=1S/C21H20Cl2F3N3O3/c1-31-29-18-5-3-2-4-17(18)28-19(30)13-8-14(12-6-7-15(22)16(23)9-12)20(27-10-13)32-11-21(24,25)26/h6-10,17H,2-5,11H2,1H3,(H,28,30)/b29-18+/t17-/m0/s1. The maximum absolute atomic E-state index is 12.9. The van der Waals surface area contributed by atoms with Crippen molar-refractivity contribution in [3.63, 3.8) is 0 Å². The van der Waals surface area contributed by atoms with Crippen molar-refractivity contribution in [2.45, 2.75) is 37.9 Å². The summed E-state index contributed by atoms with van der Waals surface area (Å²) in [4.78, 5) is 21.7. The molecule has 1 aromatic carbocycles. The van der Waals surface area contributed by atoms with Gasteiger partial charge in [0.2, 0.25) is 5.88 Å². The molecular weight excluding hydrogens is 470 g/mol. The largest absolute Gasteiger partial charge is 0.468 e. The molecule has 1 saturated carbocycles. The van der Waals surface area contributed by atoms with E-state index >= 15 is 0 Å². The van der Waals surface area contributed by atoms with E-state index in [-0.39, 0.29) is 33.1 Å². The number of benzene rings is 1. The van der Waals surface area contributed by atoms with Gasteiger partial charge in [0.25, 0.3) is 5.91 Å². The first-order valence-electron chi connectivity index (χ1n) is 9.73. The minimum absolute atomic E-state index is 0.146. The number of alkyl halides is 3. The van der Waals surface area contributed by atoms with Gasteiger partial charge in [-0.1, -0.05) is 40.8 Å². The van der Waals surface area contributed by atoms with Crippen molar-refractivity contribution in [1.29, 1.82) is 0 Å². The van der Waals surface area contributed by atoms with Crippen LogP contribution in [0.1, 0.15) is 36.0 Å². The maximum Gasteiger partial charge on any atom is 0.422 e. The molecule has 1 atom stereocenters. The number of hydrogen-bond donors (Lipinski definition) is 1. The highest BCUT2D eigenvalue weighted by Gasteiger charge is 2.30. The molecule has 172 valence electrons. The van der Waals surface area contributed by atoms with Crippen molar-refractivity contribution in [3.05, 3.63) is 46.1 Å². The third-order valence-electron chi connectivity index (χ3n) is 4.81. The Morgan fingerprint density at radius 1 is 1.25 bits per heavy atom. The lowest BCUT2D eigenvalue weighted by Crippen LogP contribution is -2.42. The quantitative estimate of drug-likeness (QED) is 0.530. The molecule has 1 heterocycles. The van der Waals surface area contributed by atoms with E-state index in [1.54, 1.807) is 6.07 Å². The number of pyridine rings is 1. The van der Waals surface area contributed by atoms with Crippen LogP contribution in [-0.2, 0) is 4.84 Å². The summed E-state index contributed by atoms with van der Waals surface area (Å²) in [7, 11) is 1.44. The molecule has 2 aromatic rings. The number of aromatic nitrogens is 1. The van der Waals surface area contributed by atoms with E-state index in [1.807, 2.05) is 0 Å². The van der Waals surface area contributed by atoms with Crippen LogP contribution in [0.15, 0.2) is 35.6 Å². The lowest BCUT2D eigenvalue weighted by atomic mass is 9.93. The summed E-state index contributed by atoms with van der Waals surface area (Å²) in [6.07, 6.45) is -0.111. The number of hydrogen-bond acceptors (Lipinski definition) is 5. The van der Waals surface area contributed by atoms with Crippen molar-refractivity contribution in [3.8, 4) is 17.0 Å². The second-order valence-electron chi connectivity index (χ2n) is 7.15. The molecule has 1 amide bonds. The van der Waals surface area contributed by atoms with Crippen LogP contribution in [-0.4, -0.2) is 42.5 Å². The van der Waals surface area contributed by atoms with Gasteiger partial charge in [0.15, 0.2) is 6.61 Å². The van der Waals surface area contributed by atoms with E-state index in [2.05, 4.69) is 15.5 Å². The summed E-state index contributed by atoms with van der Waals surface area (Å²) in [6, 6.07) is 5.62. The van der Waals surface area contributed by atoms with Crippen molar-refractivity contribution in [2.75, 3.05) is 13.7 Å². The van der Waals surface area contributed by atoms with E-state index in [4.69, 9.17) is 32.8 Å². The molecule has 32 heavy (non-hydrogen) atoms. The fourth-order valence-corrected chi connectivity index (χ4v) is 3.63. The topological polar surface area (TPSA) is 72.8 Å². The number of nitrogens with one attached hydrogen (secondary N) is 1. The number of halogens is 5. The minimum atomic E-state index is -4.55. The number of ether oxygens (including phenoxy) is 1. The smallest absolute Gasteiger partial charge is 0.422 e. The average Bonchev–Trinajstić information content (AvgIpc) is 2.75. The van der Waals surface area contributed by atoms with Gasteiger partial charge in [0.1, 0.15) is 7.11 Å². The van der Waals surface area contributed by atoms with E-state index in [9.17, 15) is 18.0 Å². The van der Waals surface area contributed by atoms with Crippen LogP contribution in [0.5, 0.6) is 5.88 Å². The molecule has 0 bridgehead atoms. The van der Waals surface area contributed by atoms with E-state index < -0.39 is 18.7 Å². The van der Waals surface area contributed by atoms with Gasteiger partial charge < -0.3 is 14.9 Å². The van der Waals surface area contributed by atoms with Gasteiger partial charge in [-0.25, -0.2) is 4.98 Å². The van der Waals surface area contributed by atoms with Crippen molar-refractivity contribution >= 4 is 34.8 Å². The lowest BCUT2D eigenvalue weighted by Gasteiger charge is -2.24. The highest BCUT2D eigenvalue weighted by atomic mass is 35.5. The number of carbonyl (C=O) groups is 1. The Morgan fingerprint density at radius 3 is 2.72 bits per heavy atom. The van der Waals surface area contributed by atoms with Gasteiger partial charge in [-0.15, -0.1) is 0 Å². The van der Waals surface area contributed by atoms with Gasteiger partial charge in [-0.05, 0) is 43.0 Å². The molecule has 0 unspecified atom stereocenters. The van der Waals surface area contributed by atoms with Crippen LogP contribution in [0.25, 0.3) is 11.1 Å². The summed E-state index contributed by atoms with van der Waals surface area (Å²) in [6.45, 7) is -1.53. The van der Waals surface area contributed by atoms with Gasteiger partial charge in [-0.3, -0.25) is 4.79 Å². The summed E-state index contributed by atoms with van der Waals surface area (Å²) < 4.78 is 42.9. The minimum Gasteiger partial charge on any atom is -0.468 e. The molecule has 0 aliphatic heterocycles. The van der Waals surface area contributed by atoms with E-state index in [0.29, 0.717) is 18.4 Å². The summed E-state index contributed by atoms with van der Waals surface area (Å²) in [5.41, 5.74) is 1.45. The Hall–Kier alpha value is -2.52. The number of amides is 1. The van der Waals surface area contributed by atoms with Gasteiger partial charge in [0.05, 0.1) is 27.4 Å². The zero-order valence-corrected chi connectivity index (χ0v) is 18.5. The van der Waals surface area contributed by atoms with E-state index in [0.717, 1.165) is 24.8 Å². The van der Waals surface area contributed by atoms with Crippen molar-refractivity contribution in [2.24, 2.45) is 5.16 Å². The first-order chi connectivity index (χ1) is 15.2. The Morgan fingerprint density at radius 2 is 2.03 bits per heavy atom. The van der Waals surface area contributed by atoms with Gasteiger partial charge in [0, 0.05) is 11.8 Å². The predicted molar refractivity (Wildman–Crippen MR) is 115 cm³/mol. The Kier molecular flexibility index (Phi) is 7.84. The summed E-state index contributed by atoms with van der Waals surface area (Å²) >= 11 is 12.0.